The summed E-state index contributed by atoms with van der Waals surface area (Å²) in [5.74, 6) is 1.03. The summed E-state index contributed by atoms with van der Waals surface area (Å²) in [6.07, 6.45) is 5.14. The van der Waals surface area contributed by atoms with Crippen molar-refractivity contribution in [3.63, 3.8) is 0 Å². The number of hydrogen-bond donors (Lipinski definition) is 2. The summed E-state index contributed by atoms with van der Waals surface area (Å²) in [5, 5.41) is 13.0. The molecule has 2 rings (SSSR count). The highest BCUT2D eigenvalue weighted by atomic mass is 32.2. The molecule has 0 radical (unpaired) electrons. The number of rotatable bonds is 6. The zero-order valence-corrected chi connectivity index (χ0v) is 13.1. The van der Waals surface area contributed by atoms with E-state index in [2.05, 4.69) is 12.2 Å². The maximum absolute atomic E-state index is 11.3. The Morgan fingerprint density at radius 2 is 2.05 bits per heavy atom. The molecule has 20 heavy (non-hydrogen) atoms. The van der Waals surface area contributed by atoms with Crippen LogP contribution < -0.4 is 5.32 Å². The van der Waals surface area contributed by atoms with Gasteiger partial charge in [0.15, 0.2) is 9.84 Å². The molecule has 0 amide bonds. The van der Waals surface area contributed by atoms with Gasteiger partial charge in [-0.1, -0.05) is 19.8 Å². The highest BCUT2D eigenvalue weighted by Gasteiger charge is 2.28. The molecule has 1 saturated carbocycles. The molecule has 1 aliphatic carbocycles. The fourth-order valence-corrected chi connectivity index (χ4v) is 4.79. The Bertz CT molecular complexity index is 398. The van der Waals surface area contributed by atoms with Gasteiger partial charge in [-0.2, -0.15) is 0 Å². The number of sulfone groups is 1. The maximum atomic E-state index is 11.3. The van der Waals surface area contributed by atoms with Crippen LogP contribution in [0.4, 0.5) is 0 Å². The number of aliphatic hydroxyl groups is 1. The average Bonchev–Trinajstić information content (AvgIpc) is 2.75. The lowest BCUT2D eigenvalue weighted by Crippen LogP contribution is -2.39. The Balaban J connectivity index is 1.62. The second-order valence-electron chi connectivity index (χ2n) is 6.30. The quantitative estimate of drug-likeness (QED) is 0.756. The van der Waals surface area contributed by atoms with Gasteiger partial charge in [0.1, 0.15) is 0 Å². The summed E-state index contributed by atoms with van der Waals surface area (Å²) in [4.78, 5) is 0. The normalized spacial score (nSPS) is 35.0. The molecule has 1 saturated heterocycles. The van der Waals surface area contributed by atoms with E-state index in [1.807, 2.05) is 0 Å². The van der Waals surface area contributed by atoms with Crippen LogP contribution in [-0.2, 0) is 14.6 Å². The van der Waals surface area contributed by atoms with Crippen LogP contribution in [0.15, 0.2) is 0 Å². The maximum Gasteiger partial charge on any atom is 0.151 e. The molecule has 4 unspecified atom stereocenters. The summed E-state index contributed by atoms with van der Waals surface area (Å²) >= 11 is 0. The standard InChI is InChI=1S/C14H27NO4S/c1-11-4-2-3-5-14(11)19-9-13(16)8-15-12-6-7-20(17,18)10-12/h11-16H,2-10H2,1H3. The first kappa shape index (κ1) is 16.2. The molecule has 2 N–H and O–H groups in total. The van der Waals surface area contributed by atoms with Crippen molar-refractivity contribution in [3.05, 3.63) is 0 Å². The Kier molecular flexibility index (Phi) is 5.84. The first-order chi connectivity index (χ1) is 9.46. The fraction of sp³-hybridized carbons (Fsp3) is 1.00. The summed E-state index contributed by atoms with van der Waals surface area (Å²) < 4.78 is 28.5. The third-order valence-corrected chi connectivity index (χ3v) is 6.18. The van der Waals surface area contributed by atoms with Gasteiger partial charge in [0.05, 0.1) is 30.3 Å². The largest absolute Gasteiger partial charge is 0.389 e. The molecule has 0 aromatic rings. The first-order valence-corrected chi connectivity index (χ1v) is 9.52. The van der Waals surface area contributed by atoms with E-state index in [-0.39, 0.29) is 23.7 Å². The number of ether oxygens (including phenoxy) is 1. The molecule has 0 aromatic heterocycles. The van der Waals surface area contributed by atoms with Gasteiger partial charge in [-0.05, 0) is 25.2 Å². The molecule has 2 fully saturated rings. The number of aliphatic hydroxyl groups excluding tert-OH is 1. The second-order valence-corrected chi connectivity index (χ2v) is 8.52. The van der Waals surface area contributed by atoms with E-state index in [0.717, 1.165) is 6.42 Å². The van der Waals surface area contributed by atoms with Crippen LogP contribution in [0.5, 0.6) is 0 Å². The van der Waals surface area contributed by atoms with E-state index >= 15 is 0 Å². The molecule has 0 spiro atoms. The van der Waals surface area contributed by atoms with Gasteiger partial charge in [-0.15, -0.1) is 0 Å². The minimum absolute atomic E-state index is 0.0109. The topological polar surface area (TPSA) is 75.6 Å². The van der Waals surface area contributed by atoms with Gasteiger partial charge >= 0.3 is 0 Å². The van der Waals surface area contributed by atoms with Crippen LogP contribution in [0.25, 0.3) is 0 Å². The van der Waals surface area contributed by atoms with Crippen LogP contribution >= 0.6 is 0 Å². The van der Waals surface area contributed by atoms with E-state index in [9.17, 15) is 13.5 Å². The third kappa shape index (κ3) is 4.98. The number of nitrogens with one attached hydrogen (secondary N) is 1. The molecule has 1 aliphatic heterocycles. The highest BCUT2D eigenvalue weighted by molar-refractivity contribution is 7.91. The van der Waals surface area contributed by atoms with Crippen molar-refractivity contribution in [2.24, 2.45) is 5.92 Å². The lowest BCUT2D eigenvalue weighted by molar-refractivity contribution is -0.0455. The first-order valence-electron chi connectivity index (χ1n) is 7.70. The molecule has 1 heterocycles. The third-order valence-electron chi connectivity index (χ3n) is 4.41. The highest BCUT2D eigenvalue weighted by Crippen LogP contribution is 2.26. The van der Waals surface area contributed by atoms with Gasteiger partial charge in [-0.25, -0.2) is 8.42 Å². The molecule has 6 heteroatoms. The van der Waals surface area contributed by atoms with Crippen LogP contribution in [0, 0.1) is 5.92 Å². The Morgan fingerprint density at radius 3 is 2.70 bits per heavy atom. The molecular weight excluding hydrogens is 278 g/mol. The Hall–Kier alpha value is -0.170. The fourth-order valence-electron chi connectivity index (χ4n) is 3.08. The van der Waals surface area contributed by atoms with Crippen molar-refractivity contribution in [2.45, 2.75) is 57.3 Å². The van der Waals surface area contributed by atoms with Crippen molar-refractivity contribution in [1.29, 1.82) is 0 Å². The lowest BCUT2D eigenvalue weighted by Gasteiger charge is -2.29. The molecule has 5 nitrogen and oxygen atoms in total. The van der Waals surface area contributed by atoms with E-state index in [0.29, 0.717) is 25.5 Å². The lowest BCUT2D eigenvalue weighted by atomic mass is 9.88. The minimum Gasteiger partial charge on any atom is -0.389 e. The van der Waals surface area contributed by atoms with Crippen molar-refractivity contribution in [1.82, 2.24) is 5.32 Å². The molecule has 0 bridgehead atoms. The average molecular weight is 305 g/mol. The molecule has 4 atom stereocenters. The van der Waals surface area contributed by atoms with Gasteiger partial charge < -0.3 is 15.2 Å². The van der Waals surface area contributed by atoms with Gasteiger partial charge in [-0.3, -0.25) is 0 Å². The monoisotopic (exact) mass is 305 g/mol. The summed E-state index contributed by atoms with van der Waals surface area (Å²) in [7, 11) is -2.86. The van der Waals surface area contributed by atoms with Crippen molar-refractivity contribution < 1.29 is 18.3 Å². The van der Waals surface area contributed by atoms with Gasteiger partial charge in [0.25, 0.3) is 0 Å². The van der Waals surface area contributed by atoms with Gasteiger partial charge in [0, 0.05) is 12.6 Å². The van der Waals surface area contributed by atoms with Crippen molar-refractivity contribution in [3.8, 4) is 0 Å². The Morgan fingerprint density at radius 1 is 1.30 bits per heavy atom. The minimum atomic E-state index is -2.86. The molecule has 0 aromatic carbocycles. The smallest absolute Gasteiger partial charge is 0.151 e. The molecule has 2 aliphatic rings. The van der Waals surface area contributed by atoms with Crippen LogP contribution in [0.3, 0.4) is 0 Å². The Labute approximate surface area is 122 Å². The van der Waals surface area contributed by atoms with Crippen LogP contribution in [0.2, 0.25) is 0 Å². The van der Waals surface area contributed by atoms with E-state index < -0.39 is 15.9 Å². The zero-order chi connectivity index (χ0) is 14.6. The van der Waals surface area contributed by atoms with E-state index in [1.165, 1.54) is 19.3 Å². The van der Waals surface area contributed by atoms with Crippen LogP contribution in [-0.4, -0.2) is 56.4 Å². The van der Waals surface area contributed by atoms with Crippen molar-refractivity contribution in [2.75, 3.05) is 24.7 Å². The second kappa shape index (κ2) is 7.20. The molecule has 118 valence electrons. The van der Waals surface area contributed by atoms with E-state index in [1.54, 1.807) is 0 Å². The molecular formula is C14H27NO4S. The summed E-state index contributed by atoms with van der Waals surface area (Å²) in [6.45, 7) is 2.95. The van der Waals surface area contributed by atoms with Crippen molar-refractivity contribution >= 4 is 9.84 Å². The van der Waals surface area contributed by atoms with E-state index in [4.69, 9.17) is 4.74 Å². The zero-order valence-electron chi connectivity index (χ0n) is 12.3. The number of hydrogen-bond acceptors (Lipinski definition) is 5. The predicted molar refractivity (Wildman–Crippen MR) is 78.4 cm³/mol. The summed E-state index contributed by atoms with van der Waals surface area (Å²) in [5.41, 5.74) is 0. The summed E-state index contributed by atoms with van der Waals surface area (Å²) in [6, 6.07) is -0.0109. The van der Waals surface area contributed by atoms with Gasteiger partial charge in [0.2, 0.25) is 0 Å². The predicted octanol–water partition coefficient (Wildman–Crippen LogP) is 0.719. The SMILES string of the molecule is CC1CCCCC1OCC(O)CNC1CCS(=O)(=O)C1. The van der Waals surface area contributed by atoms with Crippen LogP contribution in [0.1, 0.15) is 39.0 Å².